The van der Waals surface area contributed by atoms with Gasteiger partial charge in [0.05, 0.1) is 6.54 Å². The lowest BCUT2D eigenvalue weighted by molar-refractivity contribution is -0.139. The van der Waals surface area contributed by atoms with Crippen molar-refractivity contribution >= 4 is 17.6 Å². The Bertz CT molecular complexity index is 995. The molecule has 8 heteroatoms. The zero-order valence-corrected chi connectivity index (χ0v) is 20.8. The van der Waals surface area contributed by atoms with Gasteiger partial charge >= 0.3 is 0 Å². The quantitative estimate of drug-likeness (QED) is 0.625. The van der Waals surface area contributed by atoms with Crippen LogP contribution in [-0.4, -0.2) is 89.1 Å². The fourth-order valence-corrected chi connectivity index (χ4v) is 6.88. The molecule has 2 aliphatic carbocycles. The number of hydrogen-bond donors (Lipinski definition) is 2. The van der Waals surface area contributed by atoms with Gasteiger partial charge in [-0.25, -0.2) is 0 Å². The van der Waals surface area contributed by atoms with Crippen LogP contribution >= 0.6 is 0 Å². The number of β-amino-alcohol motifs (C(OH)–C–C–N with tert-alkyl or cyclic N) is 1. The topological polar surface area (TPSA) is 99.2 Å². The number of nitrogens with one attached hydrogen (secondary N) is 1. The number of likely N-dealkylation sites (tertiary alicyclic amines) is 2. The fraction of sp³-hybridized carbons (Fsp3) is 0.679. The van der Waals surface area contributed by atoms with Crippen molar-refractivity contribution in [2.45, 2.75) is 87.6 Å². The van der Waals surface area contributed by atoms with E-state index in [1.807, 2.05) is 12.1 Å². The molecule has 5 fully saturated rings. The third-order valence-electron chi connectivity index (χ3n) is 9.10. The molecular weight excluding hydrogens is 458 g/mol. The summed E-state index contributed by atoms with van der Waals surface area (Å²) in [6.45, 7) is 2.29. The number of hydrogen-bond acceptors (Lipinski definition) is 6. The van der Waals surface area contributed by atoms with Gasteiger partial charge < -0.3 is 25.0 Å². The summed E-state index contributed by atoms with van der Waals surface area (Å²) in [6, 6.07) is 7.24. The van der Waals surface area contributed by atoms with Crippen LogP contribution in [0.5, 0.6) is 0 Å². The minimum atomic E-state index is -0.881. The Hall–Kier alpha value is -2.29. The number of fused-ring (bicyclic) bond motifs is 1. The number of ketones is 1. The lowest BCUT2D eigenvalue weighted by atomic mass is 9.89. The molecule has 4 atom stereocenters. The highest BCUT2D eigenvalue weighted by Gasteiger charge is 2.53. The Balaban J connectivity index is 1.13. The van der Waals surface area contributed by atoms with Crippen LogP contribution in [0.2, 0.25) is 0 Å². The van der Waals surface area contributed by atoms with Crippen molar-refractivity contribution in [3.05, 3.63) is 35.4 Å². The van der Waals surface area contributed by atoms with Crippen molar-refractivity contribution in [3.63, 3.8) is 0 Å². The maximum absolute atomic E-state index is 13.7. The number of piperidine rings is 1. The first-order valence-corrected chi connectivity index (χ1v) is 13.8. The summed E-state index contributed by atoms with van der Waals surface area (Å²) in [5.41, 5.74) is 1.83. The number of carbonyl (C=O) groups excluding carboxylic acids is 3. The number of nitrogens with zero attached hydrogens (tertiary/aromatic N) is 2. The fourth-order valence-electron chi connectivity index (χ4n) is 6.88. The third kappa shape index (κ3) is 4.59. The molecule has 194 valence electrons. The summed E-state index contributed by atoms with van der Waals surface area (Å²) in [5.74, 6) is -0.156. The van der Waals surface area contributed by atoms with Crippen LogP contribution in [0.25, 0.3) is 0 Å². The summed E-state index contributed by atoms with van der Waals surface area (Å²) >= 11 is 0. The van der Waals surface area contributed by atoms with Gasteiger partial charge in [0.15, 0.2) is 5.78 Å². The predicted molar refractivity (Wildman–Crippen MR) is 132 cm³/mol. The molecular formula is C28H37N3O5. The molecule has 0 bridgehead atoms. The SMILES string of the molecule is O=C(N[C@H](C(=O)N1C[C@@H](O)[C@H]2OCC(=O)[C@H]21)C1CCCC1)c1ccc(C2CCN(C3CC3)CC2)cc1. The molecule has 1 aromatic carbocycles. The van der Waals surface area contributed by atoms with Crippen LogP contribution < -0.4 is 5.32 Å². The first-order chi connectivity index (χ1) is 17.5. The highest BCUT2D eigenvalue weighted by atomic mass is 16.5. The maximum Gasteiger partial charge on any atom is 0.251 e. The second-order valence-electron chi connectivity index (χ2n) is 11.4. The van der Waals surface area contributed by atoms with Crippen LogP contribution in [0.4, 0.5) is 0 Å². The van der Waals surface area contributed by atoms with Gasteiger partial charge in [0.1, 0.15) is 30.9 Å². The molecule has 5 aliphatic rings. The van der Waals surface area contributed by atoms with E-state index in [0.717, 1.165) is 57.7 Å². The molecule has 3 heterocycles. The highest BCUT2D eigenvalue weighted by molar-refractivity contribution is 5.99. The lowest BCUT2D eigenvalue weighted by Crippen LogP contribution is -2.54. The number of rotatable bonds is 6. The van der Waals surface area contributed by atoms with Gasteiger partial charge in [-0.2, -0.15) is 0 Å². The van der Waals surface area contributed by atoms with Crippen LogP contribution in [0.3, 0.4) is 0 Å². The van der Waals surface area contributed by atoms with Gasteiger partial charge in [0, 0.05) is 11.6 Å². The lowest BCUT2D eigenvalue weighted by Gasteiger charge is -2.32. The number of aliphatic hydroxyl groups excluding tert-OH is 1. The normalized spacial score (nSPS) is 30.5. The average Bonchev–Trinajstić information content (AvgIpc) is 3.30. The second-order valence-corrected chi connectivity index (χ2v) is 11.4. The molecule has 3 aliphatic heterocycles. The van der Waals surface area contributed by atoms with Gasteiger partial charge in [-0.05, 0) is 81.1 Å². The van der Waals surface area contributed by atoms with Crippen LogP contribution in [0.1, 0.15) is 73.2 Å². The van der Waals surface area contributed by atoms with E-state index >= 15 is 0 Å². The predicted octanol–water partition coefficient (Wildman–Crippen LogP) is 1.86. The summed E-state index contributed by atoms with van der Waals surface area (Å²) in [5, 5.41) is 13.4. The van der Waals surface area contributed by atoms with E-state index in [4.69, 9.17) is 4.74 Å². The number of Topliss-reactive ketones (excluding diaryl/α,β-unsaturated/α-hetero) is 1. The minimum absolute atomic E-state index is 0.0333. The zero-order valence-electron chi connectivity index (χ0n) is 20.8. The van der Waals surface area contributed by atoms with Crippen LogP contribution in [0, 0.1) is 5.92 Å². The Morgan fingerprint density at radius 3 is 2.36 bits per heavy atom. The van der Waals surface area contributed by atoms with Gasteiger partial charge in [-0.1, -0.05) is 25.0 Å². The first kappa shape index (κ1) is 24.1. The first-order valence-electron chi connectivity index (χ1n) is 13.8. The number of amides is 2. The molecule has 0 spiro atoms. The minimum Gasteiger partial charge on any atom is -0.388 e. The maximum atomic E-state index is 13.7. The van der Waals surface area contributed by atoms with E-state index in [2.05, 4.69) is 22.3 Å². The summed E-state index contributed by atoms with van der Waals surface area (Å²) < 4.78 is 5.44. The number of aliphatic hydroxyl groups is 1. The van der Waals surface area contributed by atoms with E-state index in [1.165, 1.54) is 23.3 Å². The van der Waals surface area contributed by atoms with Crippen molar-refractivity contribution in [2.75, 3.05) is 26.2 Å². The second kappa shape index (κ2) is 9.88. The van der Waals surface area contributed by atoms with E-state index in [9.17, 15) is 19.5 Å². The summed E-state index contributed by atoms with van der Waals surface area (Å²) in [4.78, 5) is 43.4. The molecule has 0 aromatic heterocycles. The number of ether oxygens (including phenoxy) is 1. The molecule has 8 nitrogen and oxygen atoms in total. The van der Waals surface area contributed by atoms with Gasteiger partial charge in [-0.3, -0.25) is 14.4 Å². The molecule has 0 unspecified atom stereocenters. The molecule has 0 radical (unpaired) electrons. The summed E-state index contributed by atoms with van der Waals surface area (Å²) in [6.07, 6.45) is 7.25. The highest BCUT2D eigenvalue weighted by Crippen LogP contribution is 2.35. The Morgan fingerprint density at radius 1 is 1.00 bits per heavy atom. The number of benzene rings is 1. The molecule has 3 saturated heterocycles. The van der Waals surface area contributed by atoms with Gasteiger partial charge in [-0.15, -0.1) is 0 Å². The zero-order chi connectivity index (χ0) is 24.8. The van der Waals surface area contributed by atoms with Crippen molar-refractivity contribution in [1.82, 2.24) is 15.1 Å². The molecule has 2 saturated carbocycles. The van der Waals surface area contributed by atoms with Crippen molar-refractivity contribution in [3.8, 4) is 0 Å². The van der Waals surface area contributed by atoms with Crippen LogP contribution in [-0.2, 0) is 14.3 Å². The van der Waals surface area contributed by atoms with E-state index in [-0.39, 0.29) is 36.7 Å². The van der Waals surface area contributed by atoms with Crippen molar-refractivity contribution in [2.24, 2.45) is 5.92 Å². The van der Waals surface area contributed by atoms with E-state index in [1.54, 1.807) is 0 Å². The molecule has 2 amide bonds. The Labute approximate surface area is 212 Å². The van der Waals surface area contributed by atoms with E-state index < -0.39 is 24.3 Å². The monoisotopic (exact) mass is 495 g/mol. The largest absolute Gasteiger partial charge is 0.388 e. The van der Waals surface area contributed by atoms with Gasteiger partial charge in [0.25, 0.3) is 5.91 Å². The Kier molecular flexibility index (Phi) is 6.60. The third-order valence-corrected chi connectivity index (χ3v) is 9.10. The molecule has 6 rings (SSSR count). The van der Waals surface area contributed by atoms with E-state index in [0.29, 0.717) is 11.5 Å². The molecule has 2 N–H and O–H groups in total. The Morgan fingerprint density at radius 2 is 1.69 bits per heavy atom. The smallest absolute Gasteiger partial charge is 0.251 e. The van der Waals surface area contributed by atoms with Crippen molar-refractivity contribution in [1.29, 1.82) is 0 Å². The average molecular weight is 496 g/mol. The summed E-state index contributed by atoms with van der Waals surface area (Å²) in [7, 11) is 0. The van der Waals surface area contributed by atoms with Gasteiger partial charge in [0.2, 0.25) is 5.91 Å². The standard InChI is InChI=1S/C28H37N3O5/c32-22-15-31(25-23(33)16-36-26(22)25)28(35)24(19-3-1-2-4-19)29-27(34)20-7-5-17(6-8-20)18-11-13-30(14-12-18)21-9-10-21/h5-8,18-19,21-22,24-26,32H,1-4,9-16H2,(H,29,34)/t22-,24+,25-,26-/m1/s1. The number of carbonyl (C=O) groups is 3. The van der Waals surface area contributed by atoms with Crippen LogP contribution in [0.15, 0.2) is 24.3 Å². The van der Waals surface area contributed by atoms with Crippen molar-refractivity contribution < 1.29 is 24.2 Å². The molecule has 1 aromatic rings. The molecule has 36 heavy (non-hydrogen) atoms.